The van der Waals surface area contributed by atoms with Crippen LogP contribution in [0.5, 0.6) is 0 Å². The lowest BCUT2D eigenvalue weighted by molar-refractivity contribution is 0.944. The maximum atomic E-state index is 12.3. The number of rotatable bonds is 1. The van der Waals surface area contributed by atoms with E-state index < -0.39 is 0 Å². The summed E-state index contributed by atoms with van der Waals surface area (Å²) in [4.78, 5) is 22.3. The summed E-state index contributed by atoms with van der Waals surface area (Å²) in [5.74, 6) is 1.07. The quantitative estimate of drug-likeness (QED) is 0.494. The number of benzene rings is 2. The average Bonchev–Trinajstić information content (AvgIpc) is 2.99. The van der Waals surface area contributed by atoms with Crippen molar-refractivity contribution in [3.05, 3.63) is 57.8 Å². The molecule has 0 bridgehead atoms. The molecule has 0 unspecified atom stereocenters. The van der Waals surface area contributed by atoms with Crippen molar-refractivity contribution in [3.8, 4) is 11.1 Å². The van der Waals surface area contributed by atoms with Crippen molar-refractivity contribution in [1.29, 1.82) is 0 Å². The predicted molar refractivity (Wildman–Crippen MR) is 111 cm³/mol. The molecule has 0 saturated carbocycles. The van der Waals surface area contributed by atoms with Crippen LogP contribution in [0.3, 0.4) is 0 Å². The third-order valence-corrected chi connectivity index (χ3v) is 6.18. The molecule has 130 valence electrons. The van der Waals surface area contributed by atoms with Crippen LogP contribution in [0, 0.1) is 0 Å². The zero-order chi connectivity index (χ0) is 17.8. The first-order chi connectivity index (χ1) is 12.6. The van der Waals surface area contributed by atoms with Gasteiger partial charge in [0.15, 0.2) is 0 Å². The normalized spacial score (nSPS) is 14.2. The fourth-order valence-electron chi connectivity index (χ4n) is 3.61. The highest BCUT2D eigenvalue weighted by molar-refractivity contribution is 7.99. The van der Waals surface area contributed by atoms with Crippen molar-refractivity contribution in [2.45, 2.75) is 4.90 Å². The summed E-state index contributed by atoms with van der Waals surface area (Å²) in [6, 6.07) is 13.8. The summed E-state index contributed by atoms with van der Waals surface area (Å²) in [5.41, 5.74) is 5.77. The molecule has 0 fully saturated rings. The number of nitrogens with one attached hydrogen (secondary N) is 2. The van der Waals surface area contributed by atoms with Crippen LogP contribution in [-0.2, 0) is 0 Å². The number of hydrogen-bond donors (Lipinski definition) is 2. The second kappa shape index (κ2) is 5.83. The van der Waals surface area contributed by atoms with Crippen LogP contribution >= 0.6 is 23.4 Å². The van der Waals surface area contributed by atoms with Gasteiger partial charge in [0.05, 0.1) is 16.7 Å². The highest BCUT2D eigenvalue weighted by Gasteiger charge is 2.17. The van der Waals surface area contributed by atoms with Gasteiger partial charge in [-0.25, -0.2) is 0 Å². The molecule has 0 amide bonds. The molecule has 2 aromatic carbocycles. The van der Waals surface area contributed by atoms with E-state index in [-0.39, 0.29) is 5.56 Å². The molecule has 3 heterocycles. The first-order valence-corrected chi connectivity index (χ1v) is 9.79. The number of fused-ring (bicyclic) bond motifs is 4. The third kappa shape index (κ3) is 2.42. The van der Waals surface area contributed by atoms with Crippen LogP contribution in [0.15, 0.2) is 52.2 Å². The molecular weight excluding hydrogens is 366 g/mol. The minimum absolute atomic E-state index is 0.115. The molecule has 4 aromatic rings. The van der Waals surface area contributed by atoms with E-state index in [0.717, 1.165) is 45.4 Å². The molecule has 4 nitrogen and oxygen atoms in total. The van der Waals surface area contributed by atoms with E-state index >= 15 is 0 Å². The molecule has 1 aliphatic rings. The van der Waals surface area contributed by atoms with Gasteiger partial charge in [0.25, 0.3) is 0 Å². The number of nitrogens with zero attached hydrogens (tertiary/aromatic N) is 1. The molecule has 1 aliphatic heterocycles. The van der Waals surface area contributed by atoms with Gasteiger partial charge in [0.2, 0.25) is 5.56 Å². The Kier molecular flexibility index (Phi) is 3.55. The van der Waals surface area contributed by atoms with E-state index in [9.17, 15) is 4.79 Å². The Morgan fingerprint density at radius 1 is 1.08 bits per heavy atom. The SMILES string of the molecule is CN1CCSc2cc(-c3cc(=O)[nH]c4c3[nH]c3ccc(Cl)cc34)ccc21. The summed E-state index contributed by atoms with van der Waals surface area (Å²) in [7, 11) is 2.12. The lowest BCUT2D eigenvalue weighted by Crippen LogP contribution is -2.24. The zero-order valence-corrected chi connectivity index (χ0v) is 15.7. The molecular formula is C20H16ClN3OS. The maximum absolute atomic E-state index is 12.3. The van der Waals surface area contributed by atoms with Gasteiger partial charge in [-0.2, -0.15) is 0 Å². The molecule has 26 heavy (non-hydrogen) atoms. The van der Waals surface area contributed by atoms with E-state index in [0.29, 0.717) is 5.02 Å². The number of anilines is 1. The molecule has 6 heteroatoms. The average molecular weight is 382 g/mol. The number of H-pyrrole nitrogens is 2. The fraction of sp³-hybridized carbons (Fsp3) is 0.150. The van der Waals surface area contributed by atoms with E-state index in [1.54, 1.807) is 6.07 Å². The van der Waals surface area contributed by atoms with Crippen molar-refractivity contribution in [1.82, 2.24) is 9.97 Å². The second-order valence-electron chi connectivity index (χ2n) is 6.56. The number of hydrogen-bond acceptors (Lipinski definition) is 3. The van der Waals surface area contributed by atoms with E-state index in [4.69, 9.17) is 11.6 Å². The third-order valence-electron chi connectivity index (χ3n) is 4.92. The molecule has 5 rings (SSSR count). The van der Waals surface area contributed by atoms with Gasteiger partial charge in [-0.3, -0.25) is 4.79 Å². The van der Waals surface area contributed by atoms with Crippen LogP contribution in [0.1, 0.15) is 0 Å². The highest BCUT2D eigenvalue weighted by Crippen LogP contribution is 2.39. The van der Waals surface area contributed by atoms with Crippen molar-refractivity contribution >= 4 is 51.0 Å². The smallest absolute Gasteiger partial charge is 0.249 e. The number of aromatic nitrogens is 2. The Labute approximate surface area is 159 Å². The van der Waals surface area contributed by atoms with Crippen LogP contribution in [0.2, 0.25) is 5.02 Å². The largest absolute Gasteiger partial charge is 0.373 e. The summed E-state index contributed by atoms with van der Waals surface area (Å²) in [6.45, 7) is 1.05. The Bertz CT molecular complexity index is 1230. The van der Waals surface area contributed by atoms with Crippen LogP contribution < -0.4 is 10.5 Å². The van der Waals surface area contributed by atoms with E-state index in [1.807, 2.05) is 30.0 Å². The van der Waals surface area contributed by atoms with Crippen LogP contribution in [0.25, 0.3) is 33.1 Å². The number of halogens is 1. The molecule has 2 N–H and O–H groups in total. The maximum Gasteiger partial charge on any atom is 0.249 e. The number of aromatic amines is 2. The first kappa shape index (κ1) is 15.9. The molecule has 0 radical (unpaired) electrons. The highest BCUT2D eigenvalue weighted by atomic mass is 35.5. The fourth-order valence-corrected chi connectivity index (χ4v) is 4.95. The Hall–Kier alpha value is -2.37. The summed E-state index contributed by atoms with van der Waals surface area (Å²) in [5, 5.41) is 1.58. The van der Waals surface area contributed by atoms with Gasteiger partial charge < -0.3 is 14.9 Å². The Morgan fingerprint density at radius 2 is 1.96 bits per heavy atom. The minimum atomic E-state index is -0.115. The van der Waals surface area contributed by atoms with E-state index in [1.165, 1.54) is 10.6 Å². The molecule has 0 aliphatic carbocycles. The Morgan fingerprint density at radius 3 is 2.85 bits per heavy atom. The van der Waals surface area contributed by atoms with Gasteiger partial charge >= 0.3 is 0 Å². The predicted octanol–water partition coefficient (Wildman–Crippen LogP) is 4.87. The van der Waals surface area contributed by atoms with Gasteiger partial charge in [-0.1, -0.05) is 17.7 Å². The van der Waals surface area contributed by atoms with Gasteiger partial charge in [0.1, 0.15) is 0 Å². The topological polar surface area (TPSA) is 51.9 Å². The molecule has 0 spiro atoms. The molecule has 0 saturated heterocycles. The Balaban J connectivity index is 1.79. The zero-order valence-electron chi connectivity index (χ0n) is 14.1. The van der Waals surface area contributed by atoms with E-state index in [2.05, 4.69) is 40.1 Å². The summed E-state index contributed by atoms with van der Waals surface area (Å²) in [6.07, 6.45) is 0. The molecule has 2 aromatic heterocycles. The summed E-state index contributed by atoms with van der Waals surface area (Å²) < 4.78 is 0. The lowest BCUT2D eigenvalue weighted by atomic mass is 10.0. The van der Waals surface area contributed by atoms with Gasteiger partial charge in [-0.05, 0) is 35.9 Å². The number of thioether (sulfide) groups is 1. The van der Waals surface area contributed by atoms with Crippen molar-refractivity contribution in [3.63, 3.8) is 0 Å². The van der Waals surface area contributed by atoms with Gasteiger partial charge in [-0.15, -0.1) is 11.8 Å². The van der Waals surface area contributed by atoms with Gasteiger partial charge in [0, 0.05) is 51.8 Å². The molecule has 0 atom stereocenters. The second-order valence-corrected chi connectivity index (χ2v) is 8.14. The lowest BCUT2D eigenvalue weighted by Gasteiger charge is -2.27. The number of pyridine rings is 1. The van der Waals surface area contributed by atoms with Crippen molar-refractivity contribution < 1.29 is 0 Å². The van der Waals surface area contributed by atoms with Crippen LogP contribution in [-0.4, -0.2) is 29.3 Å². The standard InChI is InChI=1S/C20H16ClN3OS/c1-24-6-7-26-17-8-11(2-5-16(17)24)13-10-18(25)23-20-14-9-12(21)3-4-15(14)22-19(13)20/h2-5,8-10,22H,6-7H2,1H3,(H,23,25). The van der Waals surface area contributed by atoms with Crippen molar-refractivity contribution in [2.75, 3.05) is 24.2 Å². The van der Waals surface area contributed by atoms with Crippen molar-refractivity contribution in [2.24, 2.45) is 0 Å². The van der Waals surface area contributed by atoms with Crippen LogP contribution in [0.4, 0.5) is 5.69 Å². The monoisotopic (exact) mass is 381 g/mol. The summed E-state index contributed by atoms with van der Waals surface area (Å²) >= 11 is 8.01. The minimum Gasteiger partial charge on any atom is -0.373 e. The first-order valence-electron chi connectivity index (χ1n) is 8.43.